The van der Waals surface area contributed by atoms with Gasteiger partial charge in [0.25, 0.3) is 0 Å². The van der Waals surface area contributed by atoms with Crippen LogP contribution in [0.1, 0.15) is 353 Å². The van der Waals surface area contributed by atoms with Gasteiger partial charge in [-0.3, -0.25) is 60.0 Å². The molecule has 0 bridgehead atoms. The van der Waals surface area contributed by atoms with Crippen molar-refractivity contribution in [3.8, 4) is 0 Å². The molecule has 24 atom stereocenters. The van der Waals surface area contributed by atoms with E-state index in [-0.39, 0.29) is 23.1 Å². The van der Waals surface area contributed by atoms with Crippen LogP contribution in [0.25, 0.3) is 0 Å². The third-order valence-corrected chi connectivity index (χ3v) is 34.3. The SMILES string of the molecule is CC(C)CC1C2Cc3c(C4=NCN=N4)n[nH]c3C21.CCC1C2Cc3c(C(C)=O)n[nH]c3C12.CCCC1C2Cc3c(C(C)=O)n[nH]c3C12.CCCC1C2Cc3c(C4=NCN=N4)n[nH]c3C12.CCCCCC1C2Cc3c(C(C)=O)n[nH]c3C12.COCC1C2Cc3c(C(C)=O)n[nH]c3C12.c1ccc(C2C3Cc4c(C5=NCN=N5)n[nH]c4C32)cc1.c1ccc(CC2C3Cc4c(C5=NCN=N5)n[nH]c4C23)cc1. The van der Waals surface area contributed by atoms with Crippen molar-refractivity contribution in [2.24, 2.45) is 156 Å². The largest absolute Gasteiger partial charge is 0.384 e. The summed E-state index contributed by atoms with van der Waals surface area (Å²) in [6, 6.07) is 21.5. The van der Waals surface area contributed by atoms with Gasteiger partial charge in [-0.15, -0.1) is 20.5 Å². The number of nitrogens with one attached hydrogen (secondary N) is 8. The molecule has 8 fully saturated rings. The minimum Gasteiger partial charge on any atom is -0.384 e. The van der Waals surface area contributed by atoms with Crippen molar-refractivity contribution in [3.63, 3.8) is 0 Å². The lowest BCUT2D eigenvalue weighted by Crippen LogP contribution is -2.02. The molecule has 0 radical (unpaired) electrons. The fourth-order valence-electron chi connectivity index (χ4n) is 27.8. The molecule has 20 aliphatic rings. The fourth-order valence-corrected chi connectivity index (χ4v) is 27.8. The molecule has 0 spiro atoms. The summed E-state index contributed by atoms with van der Waals surface area (Å²) in [5.41, 5.74) is 29.8. The normalized spacial score (nSPS) is 30.6. The Hall–Kier alpha value is -12.2. The van der Waals surface area contributed by atoms with Gasteiger partial charge in [0.15, 0.2) is 73.2 Å². The average molecular weight is 1850 g/mol. The Morgan fingerprint density at radius 3 is 1.01 bits per heavy atom. The Kier molecular flexibility index (Phi) is 23.3. The molecule has 0 saturated heterocycles. The number of carbonyl (C=O) groups is 4. The van der Waals surface area contributed by atoms with Crippen molar-refractivity contribution < 1.29 is 23.9 Å². The van der Waals surface area contributed by atoms with Crippen molar-refractivity contribution in [1.29, 1.82) is 0 Å². The quantitative estimate of drug-likeness (QED) is 0.0206. The second-order valence-electron chi connectivity index (χ2n) is 42.4. The van der Waals surface area contributed by atoms with Gasteiger partial charge in [0.1, 0.15) is 45.6 Å². The van der Waals surface area contributed by atoms with Crippen LogP contribution in [0.3, 0.4) is 0 Å². The second kappa shape index (κ2) is 36.0. The maximum absolute atomic E-state index is 11.4. The maximum Gasteiger partial charge on any atom is 0.199 e. The van der Waals surface area contributed by atoms with Gasteiger partial charge in [-0.2, -0.15) is 61.2 Å². The maximum atomic E-state index is 11.4. The molecule has 2 aromatic carbocycles. The summed E-state index contributed by atoms with van der Waals surface area (Å²) in [6.45, 7) is 22.6. The molecule has 8 N–H and O–H groups in total. The van der Waals surface area contributed by atoms with Crippen LogP contribution in [0.15, 0.2) is 122 Å². The van der Waals surface area contributed by atoms with Gasteiger partial charge in [-0.1, -0.05) is 141 Å². The summed E-state index contributed by atoms with van der Waals surface area (Å²) < 4.78 is 5.17. The van der Waals surface area contributed by atoms with Gasteiger partial charge < -0.3 is 4.74 Å². The number of unbranched alkanes of at least 4 members (excludes halogenated alkanes) is 2. The lowest BCUT2D eigenvalue weighted by molar-refractivity contribution is 0.0999. The molecule has 24 unspecified atom stereocenters. The number of benzene rings is 2. The zero-order chi connectivity index (χ0) is 93.6. The standard InChI is InChI=1S/C16H15N5.C15H13N5.C14H20N2O.C13H17N5.C12H15N5.C12H16N2O.C11H14N2O2.C11H14N2O/c1-2-4-9(5-3-1)6-10-11-7-12-14(13(10)11)19-20-15(12)16-17-8-18-21-16;1-2-4-8(5-3-1)11-9-6-10-13(12(9)11)18-19-14(10)15-16-7-17-20-15;1-3-4-5-6-9-10-7-11-13(8(2)17)15-16-14(11)12(9)10;1-6(2)3-7-8-4-9-11(10(7)8)16-17-12(9)13-14-5-15-18-13;1-2-3-6-7-4-8-10(9(6)7)15-16-11(8)12-13-5-14-17-12;1-3-4-7-8-5-9-11(6(2)15)13-14-12(9)10(7)8;1-5(14)10-7-3-6-8(4-15-2)9(6)11(7)13-12-10;1-3-6-7-4-8-10(5(2)14)12-13-11(8)9(6)7/h1-5,10-11,13H,6-8H2,(H,19,20);1-5,9,11-12H,6-7H2,(H,18,19);9-10,12H,3-7H2,1-2H3,(H,15,16);6-8,10H,3-5H2,1-2H3,(H,16,17);6-7,9H,2-5H2,1H3,(H,15,16);7-8,10H,3-5H2,1-2H3,(H,13,14);6,8-9H,3-4H2,1-2H3,(H,12,13);6-7,9H,3-4H2,1-2H3,(H,12,13). The predicted molar refractivity (Wildman–Crippen MR) is 513 cm³/mol. The first kappa shape index (κ1) is 88.8. The number of ketones is 4. The predicted octanol–water partition coefficient (Wildman–Crippen LogP) is 18.5. The van der Waals surface area contributed by atoms with Crippen LogP contribution < -0.4 is 0 Å². The Bertz CT molecular complexity index is 6530. The summed E-state index contributed by atoms with van der Waals surface area (Å²) in [5.74, 6) is 22.1. The first-order valence-electron chi connectivity index (χ1n) is 50.8. The Balaban J connectivity index is 0.0000000882. The van der Waals surface area contributed by atoms with Crippen LogP contribution in [0, 0.1) is 94.7 Å². The number of nitrogens with zero attached hydrogens (tertiary/aromatic N) is 20. The van der Waals surface area contributed by atoms with Crippen molar-refractivity contribution in [2.75, 3.05) is 40.4 Å². The lowest BCUT2D eigenvalue weighted by Gasteiger charge is -2.06. The number of azo groups is 4. The van der Waals surface area contributed by atoms with Gasteiger partial charge in [0.2, 0.25) is 0 Å². The molecule has 8 saturated carbocycles. The van der Waals surface area contributed by atoms with Crippen LogP contribution in [-0.2, 0) is 62.5 Å². The number of rotatable bonds is 24. The highest BCUT2D eigenvalue weighted by molar-refractivity contribution is 6.02. The fraction of sp³-hybridized carbons (Fsp3) is 0.577. The number of hydrogen-bond acceptors (Lipinski definition) is 25. The molecule has 0 amide bonds. The monoisotopic (exact) mass is 1850 g/mol. The molecular weight excluding hydrogens is 1720 g/mol. The van der Waals surface area contributed by atoms with E-state index in [4.69, 9.17) is 4.74 Å². The Labute approximate surface area is 795 Å². The van der Waals surface area contributed by atoms with Gasteiger partial charge in [-0.05, 0) is 195 Å². The average Bonchev–Trinajstić information content (AvgIpc) is 1.56. The first-order valence-corrected chi connectivity index (χ1v) is 50.8. The van der Waals surface area contributed by atoms with Crippen molar-refractivity contribution in [2.45, 2.75) is 244 Å². The number of ether oxygens (including phenoxy) is 1. The van der Waals surface area contributed by atoms with E-state index in [2.05, 4.69) is 245 Å². The van der Waals surface area contributed by atoms with Gasteiger partial charge in [-0.25, -0.2) is 20.0 Å². The number of aromatic nitrogens is 16. The van der Waals surface area contributed by atoms with E-state index < -0.39 is 0 Å². The summed E-state index contributed by atoms with van der Waals surface area (Å²) in [4.78, 5) is 62.3. The Morgan fingerprint density at radius 2 is 0.650 bits per heavy atom. The third kappa shape index (κ3) is 15.9. The lowest BCUT2D eigenvalue weighted by atomic mass is 9.99. The summed E-state index contributed by atoms with van der Waals surface area (Å²) in [5, 5.41) is 91.1. The number of H-pyrrole nitrogens is 8. The topological polar surface area (TPSA) is 455 Å². The number of hydrogen-bond donors (Lipinski definition) is 8. The van der Waals surface area contributed by atoms with Crippen LogP contribution >= 0.6 is 0 Å². The molecule has 137 heavy (non-hydrogen) atoms. The van der Waals surface area contributed by atoms with Crippen LogP contribution in [-0.4, -0.2) is 168 Å². The number of carbonyl (C=O) groups excluding carboxylic acids is 4. The highest BCUT2D eigenvalue weighted by atomic mass is 16.5. The number of Topliss-reactive ketones (excluding diaryl/α,β-unsaturated/α-hetero) is 4. The number of methoxy groups -OCH3 is 1. The molecule has 12 heterocycles. The van der Waals surface area contributed by atoms with E-state index in [0.717, 1.165) is 187 Å². The zero-order valence-electron chi connectivity index (χ0n) is 80.2. The van der Waals surface area contributed by atoms with Gasteiger partial charge in [0, 0.05) is 179 Å². The number of amidine groups is 4. The van der Waals surface area contributed by atoms with Crippen LogP contribution in [0.5, 0.6) is 0 Å². The van der Waals surface area contributed by atoms with Gasteiger partial charge >= 0.3 is 0 Å². The van der Waals surface area contributed by atoms with Crippen molar-refractivity contribution >= 4 is 46.5 Å². The van der Waals surface area contributed by atoms with E-state index in [9.17, 15) is 19.2 Å². The highest BCUT2D eigenvalue weighted by Gasteiger charge is 2.64. The number of fused-ring (bicyclic) bond motifs is 24. The highest BCUT2D eigenvalue weighted by Crippen LogP contribution is 2.70. The summed E-state index contributed by atoms with van der Waals surface area (Å²) >= 11 is 0. The van der Waals surface area contributed by atoms with E-state index in [1.807, 2.05) is 0 Å². The van der Waals surface area contributed by atoms with Crippen molar-refractivity contribution in [1.82, 2.24) is 81.6 Å². The van der Waals surface area contributed by atoms with E-state index >= 15 is 0 Å². The molecule has 33 nitrogen and oxygen atoms in total. The number of aliphatic imine (C=N–C) groups is 4. The molecule has 710 valence electrons. The first-order chi connectivity index (χ1) is 66.9. The van der Waals surface area contributed by atoms with E-state index in [1.54, 1.807) is 34.8 Å². The Morgan fingerprint density at radius 1 is 0.336 bits per heavy atom. The van der Waals surface area contributed by atoms with Crippen LogP contribution in [0.4, 0.5) is 0 Å². The molecule has 30 rings (SSSR count). The minimum atomic E-state index is 0.0668. The van der Waals surface area contributed by atoms with Crippen LogP contribution in [0.2, 0.25) is 0 Å². The molecule has 8 aromatic heterocycles. The van der Waals surface area contributed by atoms with Crippen molar-refractivity contribution in [3.05, 3.63) is 207 Å². The molecule has 4 aliphatic heterocycles. The smallest absolute Gasteiger partial charge is 0.199 e. The zero-order valence-corrected chi connectivity index (χ0v) is 80.2. The molecular formula is C104H124N28O5. The second-order valence-corrected chi connectivity index (χ2v) is 42.4. The van der Waals surface area contributed by atoms with E-state index in [0.29, 0.717) is 120 Å². The summed E-state index contributed by atoms with van der Waals surface area (Å²) in [6.07, 6.45) is 23.1. The van der Waals surface area contributed by atoms with Gasteiger partial charge in [0.05, 0.1) is 0 Å². The number of aromatic amines is 8. The molecule has 33 heteroatoms. The third-order valence-electron chi connectivity index (χ3n) is 34.3. The molecule has 10 aromatic rings. The van der Waals surface area contributed by atoms with E-state index in [1.165, 1.54) is 166 Å². The summed E-state index contributed by atoms with van der Waals surface area (Å²) in [7, 11) is 1.74. The minimum absolute atomic E-state index is 0.0668. The molecule has 16 aliphatic carbocycles.